The van der Waals surface area contributed by atoms with Gasteiger partial charge in [0.25, 0.3) is 5.91 Å². The third-order valence-corrected chi connectivity index (χ3v) is 11.8. The number of nitrogens with zero attached hydrogens (tertiary/aromatic N) is 3. The zero-order valence-corrected chi connectivity index (χ0v) is 38.7. The smallest absolute Gasteiger partial charge is 0.410 e. The highest BCUT2D eigenvalue weighted by molar-refractivity contribution is 5.91. The zero-order valence-electron chi connectivity index (χ0n) is 38.7. The monoisotopic (exact) mass is 884 g/mol. The van der Waals surface area contributed by atoms with Crippen LogP contribution in [-0.2, 0) is 31.9 Å². The quantitative estimate of drug-likeness (QED) is 0.149. The number of ether oxygens (including phenoxy) is 2. The molecule has 2 aromatic carbocycles. The van der Waals surface area contributed by atoms with Crippen molar-refractivity contribution >= 4 is 35.3 Å². The Labute approximate surface area is 375 Å². The summed E-state index contributed by atoms with van der Waals surface area (Å²) in [5, 5.41) is 41.6. The predicted octanol–water partition coefficient (Wildman–Crippen LogP) is 6.28. The summed E-state index contributed by atoms with van der Waals surface area (Å²) in [6.45, 7) is 15.3. The van der Waals surface area contributed by atoms with Crippen molar-refractivity contribution in [2.24, 2.45) is 5.92 Å². The fourth-order valence-corrected chi connectivity index (χ4v) is 8.00. The average molecular weight is 884 g/mol. The number of likely N-dealkylation sites (tertiary alicyclic amines) is 2. The lowest BCUT2D eigenvalue weighted by molar-refractivity contribution is -0.147. The van der Waals surface area contributed by atoms with Crippen LogP contribution in [0.1, 0.15) is 116 Å². The lowest BCUT2D eigenvalue weighted by Crippen LogP contribution is -2.50. The molecule has 3 unspecified atom stereocenters. The third kappa shape index (κ3) is 18.4. The zero-order chi connectivity index (χ0) is 46.3. The van der Waals surface area contributed by atoms with Crippen molar-refractivity contribution < 1.29 is 49.1 Å². The molecule has 2 aromatic rings. The molecule has 4 heterocycles. The first-order valence-corrected chi connectivity index (χ1v) is 23.2. The van der Waals surface area contributed by atoms with E-state index in [0.717, 1.165) is 87.8 Å². The molecule has 63 heavy (non-hydrogen) atoms. The van der Waals surface area contributed by atoms with Crippen LogP contribution in [0.4, 0.5) is 21.0 Å². The van der Waals surface area contributed by atoms with Gasteiger partial charge in [-0.15, -0.1) is 0 Å². The van der Waals surface area contributed by atoms with E-state index in [1.165, 1.54) is 18.1 Å². The van der Waals surface area contributed by atoms with Crippen LogP contribution < -0.4 is 10.6 Å². The Morgan fingerprint density at radius 1 is 0.905 bits per heavy atom. The van der Waals surface area contributed by atoms with E-state index < -0.39 is 24.4 Å². The molecule has 0 spiro atoms. The van der Waals surface area contributed by atoms with Crippen LogP contribution in [-0.4, -0.2) is 142 Å². The number of nitrogens with one attached hydrogen (secondary N) is 2. The number of aliphatic hydroxyl groups excluding tert-OH is 4. The second-order valence-electron chi connectivity index (χ2n) is 17.1. The second kappa shape index (κ2) is 28.5. The third-order valence-electron chi connectivity index (χ3n) is 11.8. The fraction of sp³-hybridized carbons (Fsp3) is 0.667. The maximum absolute atomic E-state index is 12.7. The van der Waals surface area contributed by atoms with Crippen molar-refractivity contribution in [2.75, 3.05) is 63.2 Å². The van der Waals surface area contributed by atoms with Gasteiger partial charge in [-0.05, 0) is 93.9 Å². The molecule has 3 atom stereocenters. The maximum Gasteiger partial charge on any atom is 0.410 e. The molecule has 354 valence electrons. The van der Waals surface area contributed by atoms with Gasteiger partial charge in [-0.1, -0.05) is 82.9 Å². The number of fused-ring (bicyclic) bond motifs is 1. The number of carbonyl (C=O) groups is 4. The Morgan fingerprint density at radius 3 is 2.16 bits per heavy atom. The standard InChI is InChI=1S/C23H32N4O4.C12H17NO.C7H16O.C6H12O4/c1-17-6-11-25(12-7-17)21(28)16-31-23(30)26-13-9-19(10-14-26)27-15-8-18-4-2-3-5-20(18)24-22(27)29;1-4-5-11-8-9(2)6-7-12(11)13-10(3)14;1-3-5-7(8)6-4-2;7-3-5-6(9)4(8)1-2-10-5/h2-5,17,19H,6-16H2,1H3,(H,24,29);6-8H,4-5H2,1-3H3,(H,13,14);7-8H,3-6H2,1-2H3;4-9H,1-3H2. The molecule has 0 aliphatic carbocycles. The van der Waals surface area contributed by atoms with E-state index in [2.05, 4.69) is 51.3 Å². The van der Waals surface area contributed by atoms with Gasteiger partial charge >= 0.3 is 12.1 Å². The number of piperidine rings is 2. The number of benzene rings is 2. The number of hydrogen-bond donors (Lipinski definition) is 6. The minimum Gasteiger partial charge on any atom is -0.439 e. The van der Waals surface area contributed by atoms with Gasteiger partial charge in [-0.3, -0.25) is 9.59 Å². The Bertz CT molecular complexity index is 1670. The van der Waals surface area contributed by atoms with Crippen molar-refractivity contribution in [1.82, 2.24) is 14.7 Å². The van der Waals surface area contributed by atoms with Crippen LogP contribution in [0.3, 0.4) is 0 Å². The molecule has 4 aliphatic heterocycles. The highest BCUT2D eigenvalue weighted by atomic mass is 16.6. The molecular formula is C48H77N5O10. The topological polar surface area (TPSA) is 201 Å². The molecule has 5 amide bonds. The van der Waals surface area contributed by atoms with Crippen molar-refractivity contribution in [3.8, 4) is 0 Å². The molecule has 15 nitrogen and oxygen atoms in total. The number of hydrogen-bond acceptors (Lipinski definition) is 10. The normalized spacial score (nSPS) is 20.3. The van der Waals surface area contributed by atoms with Gasteiger partial charge in [-0.2, -0.15) is 0 Å². The first kappa shape index (κ1) is 53.1. The number of amides is 5. The lowest BCUT2D eigenvalue weighted by Gasteiger charge is -2.37. The van der Waals surface area contributed by atoms with Crippen LogP contribution >= 0.6 is 0 Å². The molecule has 15 heteroatoms. The van der Waals surface area contributed by atoms with Crippen molar-refractivity contribution in [2.45, 2.75) is 149 Å². The highest BCUT2D eigenvalue weighted by Crippen LogP contribution is 2.25. The Hall–Kier alpha value is -4.28. The number of para-hydroxylation sites is 1. The molecule has 6 rings (SSSR count). The first-order valence-electron chi connectivity index (χ1n) is 23.2. The van der Waals surface area contributed by atoms with Crippen molar-refractivity contribution in [3.05, 3.63) is 59.2 Å². The number of carbonyl (C=O) groups excluding carboxylic acids is 4. The van der Waals surface area contributed by atoms with E-state index in [9.17, 15) is 19.2 Å². The molecular weight excluding hydrogens is 807 g/mol. The van der Waals surface area contributed by atoms with Gasteiger partial charge in [0, 0.05) is 63.7 Å². The van der Waals surface area contributed by atoms with E-state index in [1.807, 2.05) is 41.3 Å². The number of rotatable bonds is 11. The summed E-state index contributed by atoms with van der Waals surface area (Å²) >= 11 is 0. The Morgan fingerprint density at radius 2 is 1.56 bits per heavy atom. The van der Waals surface area contributed by atoms with Gasteiger partial charge < -0.3 is 55.2 Å². The van der Waals surface area contributed by atoms with Crippen LogP contribution in [0.15, 0.2) is 42.5 Å². The molecule has 4 aliphatic rings. The molecule has 3 saturated heterocycles. The highest BCUT2D eigenvalue weighted by Gasteiger charge is 2.33. The maximum atomic E-state index is 12.7. The first-order chi connectivity index (χ1) is 30.2. The van der Waals surface area contributed by atoms with Crippen LogP contribution in [0.5, 0.6) is 0 Å². The van der Waals surface area contributed by atoms with E-state index in [1.54, 1.807) is 9.80 Å². The lowest BCUT2D eigenvalue weighted by atomic mass is 9.99. The fourth-order valence-electron chi connectivity index (χ4n) is 8.00. The summed E-state index contributed by atoms with van der Waals surface area (Å²) in [6.07, 6.45) is 8.14. The van der Waals surface area contributed by atoms with Gasteiger partial charge in [-0.25, -0.2) is 9.59 Å². The Kier molecular flexibility index (Phi) is 24.0. The molecule has 0 aromatic heterocycles. The summed E-state index contributed by atoms with van der Waals surface area (Å²) in [5.41, 5.74) is 5.44. The van der Waals surface area contributed by atoms with Gasteiger partial charge in [0.05, 0.1) is 18.8 Å². The number of aryl methyl sites for hydroxylation is 2. The van der Waals surface area contributed by atoms with Gasteiger partial charge in [0.1, 0.15) is 12.2 Å². The van der Waals surface area contributed by atoms with Crippen molar-refractivity contribution in [1.29, 1.82) is 0 Å². The van der Waals surface area contributed by atoms with Crippen LogP contribution in [0, 0.1) is 12.8 Å². The summed E-state index contributed by atoms with van der Waals surface area (Å²) < 4.78 is 10.2. The summed E-state index contributed by atoms with van der Waals surface area (Å²) in [5.74, 6) is 0.524. The molecule has 0 saturated carbocycles. The number of aliphatic hydroxyl groups is 4. The minimum absolute atomic E-state index is 0.00814. The van der Waals surface area contributed by atoms with Gasteiger partial charge in [0.15, 0.2) is 6.61 Å². The van der Waals surface area contributed by atoms with E-state index >= 15 is 0 Å². The molecule has 0 bridgehead atoms. The van der Waals surface area contributed by atoms with Gasteiger partial charge in [0.2, 0.25) is 5.91 Å². The second-order valence-corrected chi connectivity index (χ2v) is 17.1. The van der Waals surface area contributed by atoms with E-state index in [-0.39, 0.29) is 43.2 Å². The SMILES string of the molecule is CC1CCN(C(=O)COC(=O)N2CCC(N3CCc4ccccc4NC3=O)CC2)CC1.CCCC(O)CCC.CCCc1cc(C)ccc1NC(C)=O.OCC1OCCC(O)C1O. The van der Waals surface area contributed by atoms with Crippen molar-refractivity contribution in [3.63, 3.8) is 0 Å². The van der Waals surface area contributed by atoms with Crippen LogP contribution in [0.25, 0.3) is 0 Å². The predicted molar refractivity (Wildman–Crippen MR) is 246 cm³/mol. The number of anilines is 2. The Balaban J connectivity index is 0.000000270. The summed E-state index contributed by atoms with van der Waals surface area (Å²) in [6, 6.07) is 14.0. The summed E-state index contributed by atoms with van der Waals surface area (Å²) in [4.78, 5) is 53.7. The summed E-state index contributed by atoms with van der Waals surface area (Å²) in [7, 11) is 0. The minimum atomic E-state index is -0.932. The largest absolute Gasteiger partial charge is 0.439 e. The molecule has 0 radical (unpaired) electrons. The van der Waals surface area contributed by atoms with Crippen LogP contribution in [0.2, 0.25) is 0 Å². The van der Waals surface area contributed by atoms with E-state index in [4.69, 9.17) is 29.9 Å². The average Bonchev–Trinajstić information content (AvgIpc) is 3.43. The number of urea groups is 1. The molecule has 6 N–H and O–H groups in total. The van der Waals surface area contributed by atoms with E-state index in [0.29, 0.717) is 51.4 Å². The molecule has 3 fully saturated rings.